The first-order valence-corrected chi connectivity index (χ1v) is 12.3. The number of hydrogen-bond donors (Lipinski definition) is 1. The van der Waals surface area contributed by atoms with Crippen molar-refractivity contribution < 1.29 is 27.5 Å². The fraction of sp³-hybridized carbons (Fsp3) is 0.348. The first-order chi connectivity index (χ1) is 15.6. The Balaban J connectivity index is 1.54. The third kappa shape index (κ3) is 6.19. The Kier molecular flexibility index (Phi) is 7.88. The minimum Gasteiger partial charge on any atom is -0.454 e. The summed E-state index contributed by atoms with van der Waals surface area (Å²) in [5.74, 6) is -1.59. The average molecular weight is 493 g/mol. The molecule has 8 nitrogen and oxygen atoms in total. The summed E-state index contributed by atoms with van der Waals surface area (Å²) in [4.78, 5) is 36.4. The Labute approximate surface area is 197 Å². The van der Waals surface area contributed by atoms with Crippen LogP contribution in [0.5, 0.6) is 0 Å². The van der Waals surface area contributed by atoms with Crippen LogP contribution in [-0.4, -0.2) is 49.6 Å². The fourth-order valence-corrected chi connectivity index (χ4v) is 5.16. The normalized spacial score (nSPS) is 16.1. The number of anilines is 1. The first-order valence-electron chi connectivity index (χ1n) is 10.5. The number of ether oxygens (including phenoxy) is 1. The average Bonchev–Trinajstić information content (AvgIpc) is 2.79. The number of piperidine rings is 1. The van der Waals surface area contributed by atoms with Crippen molar-refractivity contribution in [3.8, 4) is 0 Å². The zero-order chi connectivity index (χ0) is 24.2. The van der Waals surface area contributed by atoms with Gasteiger partial charge in [-0.15, -0.1) is 0 Å². The molecular formula is C23H25ClN2O6S. The van der Waals surface area contributed by atoms with Crippen molar-refractivity contribution >= 4 is 45.0 Å². The lowest BCUT2D eigenvalue weighted by Crippen LogP contribution is -2.41. The molecule has 0 aromatic heterocycles. The van der Waals surface area contributed by atoms with E-state index in [1.165, 1.54) is 42.4 Å². The summed E-state index contributed by atoms with van der Waals surface area (Å²) < 4.78 is 32.3. The van der Waals surface area contributed by atoms with Crippen LogP contribution in [0.3, 0.4) is 0 Å². The molecule has 1 aliphatic rings. The van der Waals surface area contributed by atoms with E-state index < -0.39 is 28.0 Å². The molecule has 1 N–H and O–H groups in total. The van der Waals surface area contributed by atoms with Crippen LogP contribution in [0.1, 0.15) is 37.0 Å². The molecule has 0 unspecified atom stereocenters. The number of rotatable bonds is 7. The van der Waals surface area contributed by atoms with Crippen LogP contribution in [0.15, 0.2) is 53.4 Å². The minimum absolute atomic E-state index is 0.150. The Morgan fingerprint density at radius 3 is 2.15 bits per heavy atom. The number of benzene rings is 2. The SMILES string of the molecule is CC(=O)Nc1ccc(C(=O)[C@H](C)OC(=O)C2CCN(S(=O)(=O)c3ccc(Cl)cc3)CC2)cc1. The van der Waals surface area contributed by atoms with Gasteiger partial charge in [0.1, 0.15) is 0 Å². The van der Waals surface area contributed by atoms with Crippen molar-refractivity contribution in [2.24, 2.45) is 5.92 Å². The van der Waals surface area contributed by atoms with Gasteiger partial charge in [0.25, 0.3) is 0 Å². The maximum Gasteiger partial charge on any atom is 0.309 e. The number of ketones is 1. The quantitative estimate of drug-likeness (QED) is 0.468. The number of hydrogen-bond acceptors (Lipinski definition) is 6. The van der Waals surface area contributed by atoms with Crippen molar-refractivity contribution in [2.45, 2.75) is 37.7 Å². The van der Waals surface area contributed by atoms with Gasteiger partial charge in [-0.05, 0) is 68.3 Å². The predicted octanol–water partition coefficient (Wildman–Crippen LogP) is 3.51. The van der Waals surface area contributed by atoms with Crippen molar-refractivity contribution in [3.05, 3.63) is 59.1 Å². The number of halogens is 1. The highest BCUT2D eigenvalue weighted by atomic mass is 35.5. The molecule has 0 spiro atoms. The summed E-state index contributed by atoms with van der Waals surface area (Å²) in [6, 6.07) is 12.2. The minimum atomic E-state index is -3.67. The zero-order valence-electron chi connectivity index (χ0n) is 18.3. The van der Waals surface area contributed by atoms with E-state index in [2.05, 4.69) is 5.32 Å². The lowest BCUT2D eigenvalue weighted by atomic mass is 9.98. The van der Waals surface area contributed by atoms with E-state index in [-0.39, 0.29) is 29.7 Å². The number of carbonyl (C=O) groups is 3. The number of nitrogens with one attached hydrogen (secondary N) is 1. The number of amides is 1. The predicted molar refractivity (Wildman–Crippen MR) is 124 cm³/mol. The van der Waals surface area contributed by atoms with Gasteiger partial charge in [0.05, 0.1) is 10.8 Å². The Morgan fingerprint density at radius 1 is 1.03 bits per heavy atom. The van der Waals surface area contributed by atoms with Gasteiger partial charge in [-0.1, -0.05) is 11.6 Å². The standard InChI is InChI=1S/C23H25ClN2O6S/c1-15(22(28)17-3-7-20(8-4-17)25-16(2)27)32-23(29)18-11-13-26(14-12-18)33(30,31)21-9-5-19(24)6-10-21/h3-10,15,18H,11-14H2,1-2H3,(H,25,27)/t15-/m0/s1. The third-order valence-corrected chi connectivity index (χ3v) is 7.56. The molecule has 1 amide bonds. The summed E-state index contributed by atoms with van der Waals surface area (Å²) in [5, 5.41) is 3.06. The monoisotopic (exact) mass is 492 g/mol. The van der Waals surface area contributed by atoms with Crippen molar-refractivity contribution in [2.75, 3.05) is 18.4 Å². The van der Waals surface area contributed by atoms with E-state index in [1.54, 1.807) is 24.3 Å². The van der Waals surface area contributed by atoms with Crippen molar-refractivity contribution in [1.82, 2.24) is 4.31 Å². The molecule has 1 saturated heterocycles. The van der Waals surface area contributed by atoms with Crippen molar-refractivity contribution in [1.29, 1.82) is 0 Å². The second-order valence-corrected chi connectivity index (χ2v) is 10.2. The lowest BCUT2D eigenvalue weighted by Gasteiger charge is -2.30. The molecular weight excluding hydrogens is 468 g/mol. The number of esters is 1. The third-order valence-electron chi connectivity index (χ3n) is 5.39. The molecule has 0 saturated carbocycles. The maximum absolute atomic E-state index is 12.8. The van der Waals surface area contributed by atoms with E-state index >= 15 is 0 Å². The molecule has 1 heterocycles. The smallest absolute Gasteiger partial charge is 0.309 e. The van der Waals surface area contributed by atoms with Gasteiger partial charge >= 0.3 is 5.97 Å². The fourth-order valence-electron chi connectivity index (χ4n) is 3.57. The topological polar surface area (TPSA) is 110 Å². The maximum atomic E-state index is 12.8. The Morgan fingerprint density at radius 2 is 1.61 bits per heavy atom. The van der Waals surface area contributed by atoms with Gasteiger partial charge in [0.15, 0.2) is 6.10 Å². The van der Waals surface area contributed by atoms with Crippen LogP contribution in [0.2, 0.25) is 5.02 Å². The van der Waals surface area contributed by atoms with Crippen LogP contribution in [0.25, 0.3) is 0 Å². The van der Waals surface area contributed by atoms with Gasteiger partial charge < -0.3 is 10.1 Å². The molecule has 10 heteroatoms. The number of carbonyl (C=O) groups excluding carboxylic acids is 3. The van der Waals surface area contributed by atoms with Crippen molar-refractivity contribution in [3.63, 3.8) is 0 Å². The van der Waals surface area contributed by atoms with Gasteiger partial charge in [0.2, 0.25) is 21.7 Å². The Hall–Kier alpha value is -2.75. The molecule has 1 atom stereocenters. The molecule has 33 heavy (non-hydrogen) atoms. The van der Waals surface area contributed by atoms with Gasteiger partial charge in [-0.2, -0.15) is 4.31 Å². The summed E-state index contributed by atoms with van der Waals surface area (Å²) in [7, 11) is -3.67. The molecule has 0 bridgehead atoms. The highest BCUT2D eigenvalue weighted by molar-refractivity contribution is 7.89. The molecule has 0 aliphatic carbocycles. The molecule has 176 valence electrons. The van der Waals surface area contributed by atoms with Crippen LogP contribution in [0, 0.1) is 5.92 Å². The van der Waals surface area contributed by atoms with Gasteiger partial charge in [0, 0.05) is 36.3 Å². The van der Waals surface area contributed by atoms with E-state index in [0.29, 0.717) is 29.1 Å². The molecule has 1 aliphatic heterocycles. The second-order valence-electron chi connectivity index (χ2n) is 7.83. The lowest BCUT2D eigenvalue weighted by molar-refractivity contribution is -0.152. The van der Waals surface area contributed by atoms with E-state index in [9.17, 15) is 22.8 Å². The summed E-state index contributed by atoms with van der Waals surface area (Å²) >= 11 is 5.83. The van der Waals surface area contributed by atoms with Crippen LogP contribution < -0.4 is 5.32 Å². The summed E-state index contributed by atoms with van der Waals surface area (Å²) in [5.41, 5.74) is 0.914. The second kappa shape index (κ2) is 10.5. The summed E-state index contributed by atoms with van der Waals surface area (Å²) in [6.07, 6.45) is -0.379. The molecule has 2 aromatic carbocycles. The van der Waals surface area contributed by atoms with Crippen LogP contribution >= 0.6 is 11.6 Å². The van der Waals surface area contributed by atoms with Crippen LogP contribution in [-0.2, 0) is 24.3 Å². The number of nitrogens with zero attached hydrogens (tertiary/aromatic N) is 1. The van der Waals surface area contributed by atoms with Gasteiger partial charge in [-0.25, -0.2) is 8.42 Å². The Bertz CT molecular complexity index is 1120. The van der Waals surface area contributed by atoms with Gasteiger partial charge in [-0.3, -0.25) is 14.4 Å². The van der Waals surface area contributed by atoms with Crippen LogP contribution in [0.4, 0.5) is 5.69 Å². The largest absolute Gasteiger partial charge is 0.454 e. The molecule has 2 aromatic rings. The molecule has 3 rings (SSSR count). The summed E-state index contributed by atoms with van der Waals surface area (Å²) in [6.45, 7) is 3.25. The van der Waals surface area contributed by atoms with E-state index in [0.717, 1.165) is 0 Å². The number of sulfonamides is 1. The first kappa shape index (κ1) is 24.9. The van der Waals surface area contributed by atoms with E-state index in [1.807, 2.05) is 0 Å². The number of Topliss-reactive ketones (excluding diaryl/α,β-unsaturated/α-hetero) is 1. The zero-order valence-corrected chi connectivity index (χ0v) is 19.9. The highest BCUT2D eigenvalue weighted by Crippen LogP contribution is 2.26. The highest BCUT2D eigenvalue weighted by Gasteiger charge is 2.34. The molecule has 1 fully saturated rings. The van der Waals surface area contributed by atoms with E-state index in [4.69, 9.17) is 16.3 Å². The molecule has 0 radical (unpaired) electrons.